The van der Waals surface area contributed by atoms with Crippen molar-refractivity contribution in [3.05, 3.63) is 78.2 Å². The van der Waals surface area contributed by atoms with E-state index in [1.54, 1.807) is 42.1 Å². The smallest absolute Gasteiger partial charge is 0.240 e. The van der Waals surface area contributed by atoms with Gasteiger partial charge in [-0.05, 0) is 61.7 Å². The van der Waals surface area contributed by atoms with E-state index in [1.165, 1.54) is 12.1 Å². The van der Waals surface area contributed by atoms with E-state index in [-0.39, 0.29) is 4.90 Å². The standard InChI is InChI=1S/C23H24N4O4S/c1-17-14-23-24-15-18(16-27(23)26-17)6-5-13-25-32(28,29)20-11-9-19(10-12-20)31-22-8-4-3-7-21(22)30-2/h3-4,7-12,14-16,25H,5-6,13H2,1-2H3. The molecule has 2 aromatic carbocycles. The van der Waals surface area contributed by atoms with E-state index in [0.717, 1.165) is 16.9 Å². The van der Waals surface area contributed by atoms with Crippen LogP contribution < -0.4 is 14.2 Å². The molecule has 166 valence electrons. The van der Waals surface area contributed by atoms with Crippen LogP contribution in [0.1, 0.15) is 17.7 Å². The Kier molecular flexibility index (Phi) is 6.38. The third-order valence-electron chi connectivity index (χ3n) is 4.85. The van der Waals surface area contributed by atoms with Crippen LogP contribution in [0.5, 0.6) is 17.2 Å². The molecule has 0 unspecified atom stereocenters. The number of fused-ring (bicyclic) bond motifs is 1. The van der Waals surface area contributed by atoms with Crippen LogP contribution in [0.4, 0.5) is 0 Å². The van der Waals surface area contributed by atoms with Gasteiger partial charge in [0.1, 0.15) is 5.75 Å². The number of nitrogens with zero attached hydrogens (tertiary/aromatic N) is 3. The van der Waals surface area contributed by atoms with E-state index in [4.69, 9.17) is 9.47 Å². The molecule has 4 rings (SSSR count). The van der Waals surface area contributed by atoms with Crippen molar-refractivity contribution in [1.29, 1.82) is 0 Å². The molecule has 8 nitrogen and oxygen atoms in total. The zero-order valence-corrected chi connectivity index (χ0v) is 18.7. The SMILES string of the molecule is COc1ccccc1Oc1ccc(S(=O)(=O)NCCCc2cnc3cc(C)nn3c2)cc1. The Morgan fingerprint density at radius 2 is 1.81 bits per heavy atom. The van der Waals surface area contributed by atoms with Crippen LogP contribution in [-0.4, -0.2) is 36.7 Å². The average molecular weight is 453 g/mol. The van der Waals surface area contributed by atoms with Crippen molar-refractivity contribution in [3.8, 4) is 17.2 Å². The fraction of sp³-hybridized carbons (Fsp3) is 0.217. The maximum absolute atomic E-state index is 12.6. The van der Waals surface area contributed by atoms with Crippen molar-refractivity contribution >= 4 is 15.7 Å². The second-order valence-electron chi connectivity index (χ2n) is 7.28. The Bertz CT molecular complexity index is 1320. The molecule has 0 spiro atoms. The Morgan fingerprint density at radius 3 is 2.56 bits per heavy atom. The molecule has 0 aliphatic heterocycles. The minimum atomic E-state index is -3.61. The maximum Gasteiger partial charge on any atom is 0.240 e. The summed E-state index contributed by atoms with van der Waals surface area (Å²) in [7, 11) is -2.05. The number of nitrogens with one attached hydrogen (secondary N) is 1. The lowest BCUT2D eigenvalue weighted by Gasteiger charge is -2.11. The number of para-hydroxylation sites is 2. The molecule has 0 amide bonds. The molecule has 0 bridgehead atoms. The highest BCUT2D eigenvalue weighted by Crippen LogP contribution is 2.31. The van der Waals surface area contributed by atoms with Gasteiger partial charge in [0, 0.05) is 25.0 Å². The molecule has 4 aromatic rings. The molecular weight excluding hydrogens is 428 g/mol. The highest BCUT2D eigenvalue weighted by molar-refractivity contribution is 7.89. The second-order valence-corrected chi connectivity index (χ2v) is 9.04. The monoisotopic (exact) mass is 452 g/mol. The van der Waals surface area contributed by atoms with Gasteiger partial charge in [0.25, 0.3) is 0 Å². The summed E-state index contributed by atoms with van der Waals surface area (Å²) in [6, 6.07) is 15.4. The summed E-state index contributed by atoms with van der Waals surface area (Å²) >= 11 is 0. The van der Waals surface area contributed by atoms with Gasteiger partial charge in [0.15, 0.2) is 17.1 Å². The third-order valence-corrected chi connectivity index (χ3v) is 6.33. The number of aromatic nitrogens is 3. The number of ether oxygens (including phenoxy) is 2. The first kappa shape index (κ1) is 21.8. The molecule has 2 heterocycles. The molecule has 0 saturated heterocycles. The summed E-state index contributed by atoms with van der Waals surface area (Å²) in [5.74, 6) is 1.68. The number of aryl methyl sites for hydroxylation is 2. The van der Waals surface area contributed by atoms with E-state index in [9.17, 15) is 8.42 Å². The first-order valence-electron chi connectivity index (χ1n) is 10.2. The molecule has 0 aliphatic rings. The first-order valence-corrected chi connectivity index (χ1v) is 11.6. The Balaban J connectivity index is 1.32. The first-order chi connectivity index (χ1) is 15.4. The lowest BCUT2D eigenvalue weighted by molar-refractivity contribution is 0.379. The zero-order chi connectivity index (χ0) is 22.6. The maximum atomic E-state index is 12.6. The summed E-state index contributed by atoms with van der Waals surface area (Å²) in [6.45, 7) is 2.23. The van der Waals surface area contributed by atoms with Crippen molar-refractivity contribution in [2.45, 2.75) is 24.7 Å². The van der Waals surface area contributed by atoms with E-state index in [0.29, 0.717) is 36.6 Å². The molecule has 0 fully saturated rings. The molecule has 0 saturated carbocycles. The van der Waals surface area contributed by atoms with E-state index in [2.05, 4.69) is 14.8 Å². The van der Waals surface area contributed by atoms with Gasteiger partial charge in [-0.3, -0.25) is 0 Å². The van der Waals surface area contributed by atoms with Crippen molar-refractivity contribution in [3.63, 3.8) is 0 Å². The zero-order valence-electron chi connectivity index (χ0n) is 17.9. The van der Waals surface area contributed by atoms with Crippen molar-refractivity contribution in [1.82, 2.24) is 19.3 Å². The molecular formula is C23H24N4O4S. The van der Waals surface area contributed by atoms with Gasteiger partial charge in [-0.2, -0.15) is 5.10 Å². The second kappa shape index (κ2) is 9.37. The average Bonchev–Trinajstić information content (AvgIpc) is 3.17. The summed E-state index contributed by atoms with van der Waals surface area (Å²) in [6.07, 6.45) is 5.05. The molecule has 0 atom stereocenters. The minimum Gasteiger partial charge on any atom is -0.493 e. The normalized spacial score (nSPS) is 11.6. The fourth-order valence-corrected chi connectivity index (χ4v) is 4.34. The minimum absolute atomic E-state index is 0.181. The van der Waals surface area contributed by atoms with Crippen LogP contribution in [-0.2, 0) is 16.4 Å². The molecule has 1 N–H and O–H groups in total. The highest BCUT2D eigenvalue weighted by atomic mass is 32.2. The third kappa shape index (κ3) is 5.06. The number of sulfonamides is 1. The van der Waals surface area contributed by atoms with Gasteiger partial charge < -0.3 is 9.47 Å². The van der Waals surface area contributed by atoms with Crippen LogP contribution in [0.15, 0.2) is 71.9 Å². The van der Waals surface area contributed by atoms with Gasteiger partial charge in [-0.25, -0.2) is 22.6 Å². The predicted octanol–water partition coefficient (Wildman–Crippen LogP) is 3.75. The van der Waals surface area contributed by atoms with Crippen molar-refractivity contribution in [2.75, 3.05) is 13.7 Å². The molecule has 0 aliphatic carbocycles. The Morgan fingerprint density at radius 1 is 1.06 bits per heavy atom. The Labute approximate surface area is 186 Å². The van der Waals surface area contributed by atoms with Gasteiger partial charge in [-0.1, -0.05) is 12.1 Å². The number of benzene rings is 2. The molecule has 0 radical (unpaired) electrons. The summed E-state index contributed by atoms with van der Waals surface area (Å²) in [4.78, 5) is 4.55. The lowest BCUT2D eigenvalue weighted by Crippen LogP contribution is -2.25. The topological polar surface area (TPSA) is 94.8 Å². The van der Waals surface area contributed by atoms with Crippen LogP contribution in [0.3, 0.4) is 0 Å². The highest BCUT2D eigenvalue weighted by Gasteiger charge is 2.14. The van der Waals surface area contributed by atoms with Crippen LogP contribution in [0, 0.1) is 6.92 Å². The number of hydrogen-bond donors (Lipinski definition) is 1. The van der Waals surface area contributed by atoms with Crippen LogP contribution in [0.25, 0.3) is 5.65 Å². The summed E-state index contributed by atoms with van der Waals surface area (Å²) < 4.78 is 40.6. The van der Waals surface area contributed by atoms with Crippen molar-refractivity contribution in [2.24, 2.45) is 0 Å². The molecule has 9 heteroatoms. The Hall–Kier alpha value is -3.43. The van der Waals surface area contributed by atoms with E-state index >= 15 is 0 Å². The summed E-state index contributed by atoms with van der Waals surface area (Å²) in [5.41, 5.74) is 2.70. The van der Waals surface area contributed by atoms with Crippen molar-refractivity contribution < 1.29 is 17.9 Å². The predicted molar refractivity (Wildman–Crippen MR) is 121 cm³/mol. The van der Waals surface area contributed by atoms with E-state index < -0.39 is 10.0 Å². The van der Waals surface area contributed by atoms with Gasteiger partial charge in [-0.15, -0.1) is 0 Å². The van der Waals surface area contributed by atoms with Crippen LogP contribution in [0.2, 0.25) is 0 Å². The lowest BCUT2D eigenvalue weighted by atomic mass is 10.2. The van der Waals surface area contributed by atoms with Gasteiger partial charge in [0.05, 0.1) is 17.7 Å². The van der Waals surface area contributed by atoms with Crippen LogP contribution >= 0.6 is 0 Å². The molecule has 32 heavy (non-hydrogen) atoms. The number of rotatable bonds is 9. The fourth-order valence-electron chi connectivity index (χ4n) is 3.26. The quantitative estimate of drug-likeness (QED) is 0.389. The molecule has 2 aromatic heterocycles. The van der Waals surface area contributed by atoms with E-state index in [1.807, 2.05) is 31.3 Å². The van der Waals surface area contributed by atoms with Gasteiger partial charge >= 0.3 is 0 Å². The largest absolute Gasteiger partial charge is 0.493 e. The van der Waals surface area contributed by atoms with Gasteiger partial charge in [0.2, 0.25) is 10.0 Å². The summed E-state index contributed by atoms with van der Waals surface area (Å²) in [5, 5.41) is 4.35. The number of methoxy groups -OCH3 is 1. The number of hydrogen-bond acceptors (Lipinski definition) is 6.